The first-order valence-electron chi connectivity index (χ1n) is 8.52. The number of nitrogens with zero attached hydrogens (tertiary/aromatic N) is 4. The third-order valence-corrected chi connectivity index (χ3v) is 4.49. The highest BCUT2D eigenvalue weighted by Gasteiger charge is 2.23. The summed E-state index contributed by atoms with van der Waals surface area (Å²) in [5.41, 5.74) is 2.57. The maximum absolute atomic E-state index is 4.71. The minimum Gasteiger partial charge on any atom is -0.354 e. The molecule has 25 heavy (non-hydrogen) atoms. The second-order valence-corrected chi connectivity index (χ2v) is 6.53. The molecule has 3 rings (SSSR count). The van der Waals surface area contributed by atoms with Crippen LogP contribution < -0.4 is 10.6 Å². The Labute approximate surface area is 166 Å². The Kier molecular flexibility index (Phi) is 6.80. The standard InChI is InChI=1S/C18H26N6.HI/c1-12-7-5-6-8-16(12)13(2)20-18(21-15-9-10-15)19-11-17-23-22-14(3)24(17)4;/h5-8,13,15H,9-11H2,1-4H3,(H2,19,20,21);1H. The number of benzene rings is 1. The van der Waals surface area contributed by atoms with Crippen molar-refractivity contribution in [2.24, 2.45) is 12.0 Å². The van der Waals surface area contributed by atoms with Crippen molar-refractivity contribution < 1.29 is 0 Å². The maximum atomic E-state index is 4.71. The van der Waals surface area contributed by atoms with Gasteiger partial charge >= 0.3 is 0 Å². The Bertz CT molecular complexity index is 735. The second-order valence-electron chi connectivity index (χ2n) is 6.53. The largest absolute Gasteiger partial charge is 0.354 e. The Morgan fingerprint density at radius 3 is 2.60 bits per heavy atom. The first-order chi connectivity index (χ1) is 11.5. The lowest BCUT2D eigenvalue weighted by molar-refractivity contribution is 0.672. The number of halogens is 1. The molecule has 0 aliphatic heterocycles. The zero-order valence-corrected chi connectivity index (χ0v) is 17.6. The molecule has 1 aliphatic carbocycles. The van der Waals surface area contributed by atoms with E-state index in [1.54, 1.807) is 0 Å². The highest BCUT2D eigenvalue weighted by Crippen LogP contribution is 2.20. The van der Waals surface area contributed by atoms with Crippen LogP contribution in [0.4, 0.5) is 0 Å². The summed E-state index contributed by atoms with van der Waals surface area (Å²) >= 11 is 0. The molecule has 1 aromatic carbocycles. The van der Waals surface area contributed by atoms with E-state index in [2.05, 4.69) is 58.9 Å². The van der Waals surface area contributed by atoms with Gasteiger partial charge in [-0.15, -0.1) is 34.2 Å². The van der Waals surface area contributed by atoms with E-state index in [1.807, 2.05) is 18.5 Å². The molecule has 1 atom stereocenters. The van der Waals surface area contributed by atoms with Gasteiger partial charge in [0.25, 0.3) is 0 Å². The van der Waals surface area contributed by atoms with Gasteiger partial charge in [0.15, 0.2) is 11.8 Å². The molecule has 1 heterocycles. The highest BCUT2D eigenvalue weighted by atomic mass is 127. The lowest BCUT2D eigenvalue weighted by atomic mass is 10.0. The smallest absolute Gasteiger partial charge is 0.192 e. The molecule has 0 spiro atoms. The van der Waals surface area contributed by atoms with Crippen LogP contribution >= 0.6 is 24.0 Å². The Morgan fingerprint density at radius 2 is 2.00 bits per heavy atom. The minimum absolute atomic E-state index is 0. The van der Waals surface area contributed by atoms with E-state index in [4.69, 9.17) is 4.99 Å². The van der Waals surface area contributed by atoms with Gasteiger partial charge in [0.2, 0.25) is 0 Å². The second kappa shape index (κ2) is 8.64. The molecule has 2 aromatic rings. The van der Waals surface area contributed by atoms with Gasteiger partial charge in [0.1, 0.15) is 12.4 Å². The third kappa shape index (κ3) is 5.17. The van der Waals surface area contributed by atoms with E-state index >= 15 is 0 Å². The molecule has 0 bridgehead atoms. The van der Waals surface area contributed by atoms with Crippen molar-refractivity contribution in [1.29, 1.82) is 0 Å². The van der Waals surface area contributed by atoms with Gasteiger partial charge in [-0.3, -0.25) is 0 Å². The molecular weight excluding hydrogens is 427 g/mol. The number of aromatic nitrogens is 3. The zero-order valence-electron chi connectivity index (χ0n) is 15.3. The van der Waals surface area contributed by atoms with E-state index in [0.29, 0.717) is 12.6 Å². The summed E-state index contributed by atoms with van der Waals surface area (Å²) in [5.74, 6) is 2.61. The van der Waals surface area contributed by atoms with Crippen molar-refractivity contribution in [3.8, 4) is 0 Å². The number of guanidine groups is 1. The number of rotatable bonds is 5. The van der Waals surface area contributed by atoms with Crippen molar-refractivity contribution in [3.05, 3.63) is 47.0 Å². The van der Waals surface area contributed by atoms with Crippen LogP contribution in [0.3, 0.4) is 0 Å². The fraction of sp³-hybridized carbons (Fsp3) is 0.500. The SMILES string of the molecule is Cc1ccccc1C(C)NC(=NCc1nnc(C)n1C)NC1CC1.I. The van der Waals surface area contributed by atoms with E-state index in [0.717, 1.165) is 17.6 Å². The topological polar surface area (TPSA) is 67.1 Å². The molecule has 6 nitrogen and oxygen atoms in total. The van der Waals surface area contributed by atoms with Crippen LogP contribution in [0.15, 0.2) is 29.3 Å². The number of nitrogens with one attached hydrogen (secondary N) is 2. The highest BCUT2D eigenvalue weighted by molar-refractivity contribution is 14.0. The van der Waals surface area contributed by atoms with E-state index < -0.39 is 0 Å². The average molecular weight is 454 g/mol. The summed E-state index contributed by atoms with van der Waals surface area (Å²) in [7, 11) is 1.97. The predicted molar refractivity (Wildman–Crippen MR) is 111 cm³/mol. The third-order valence-electron chi connectivity index (χ3n) is 4.49. The zero-order chi connectivity index (χ0) is 17.1. The molecule has 1 unspecified atom stereocenters. The number of hydrogen-bond donors (Lipinski definition) is 2. The molecule has 7 heteroatoms. The minimum atomic E-state index is 0. The summed E-state index contributed by atoms with van der Waals surface area (Å²) in [6.45, 7) is 6.77. The molecule has 1 aliphatic rings. The van der Waals surface area contributed by atoms with Crippen LogP contribution in [0.25, 0.3) is 0 Å². The van der Waals surface area contributed by atoms with Crippen molar-refractivity contribution in [3.63, 3.8) is 0 Å². The van der Waals surface area contributed by atoms with Gasteiger partial charge in [0.05, 0.1) is 6.04 Å². The maximum Gasteiger partial charge on any atom is 0.192 e. The molecule has 0 radical (unpaired) electrons. The lowest BCUT2D eigenvalue weighted by Crippen LogP contribution is -2.40. The molecular formula is C18H27IN6. The fourth-order valence-electron chi connectivity index (χ4n) is 2.65. The predicted octanol–water partition coefficient (Wildman–Crippen LogP) is 3.01. The summed E-state index contributed by atoms with van der Waals surface area (Å²) < 4.78 is 1.98. The van der Waals surface area contributed by atoms with E-state index in [9.17, 15) is 0 Å². The number of hydrogen-bond acceptors (Lipinski definition) is 3. The molecule has 1 aromatic heterocycles. The number of aryl methyl sites for hydroxylation is 2. The molecule has 0 amide bonds. The van der Waals surface area contributed by atoms with Gasteiger partial charge in [-0.2, -0.15) is 0 Å². The van der Waals surface area contributed by atoms with Gasteiger partial charge < -0.3 is 15.2 Å². The van der Waals surface area contributed by atoms with E-state index in [-0.39, 0.29) is 30.0 Å². The first-order valence-corrected chi connectivity index (χ1v) is 8.52. The molecule has 136 valence electrons. The van der Waals surface area contributed by atoms with Gasteiger partial charge in [-0.1, -0.05) is 24.3 Å². The quantitative estimate of drug-likeness (QED) is 0.414. The van der Waals surface area contributed by atoms with Crippen molar-refractivity contribution in [1.82, 2.24) is 25.4 Å². The normalized spacial score (nSPS) is 15.4. The van der Waals surface area contributed by atoms with Crippen LogP contribution in [0.1, 0.15) is 48.6 Å². The Hall–Kier alpha value is -1.64. The van der Waals surface area contributed by atoms with Crippen LogP contribution in [-0.2, 0) is 13.6 Å². The van der Waals surface area contributed by atoms with Crippen molar-refractivity contribution in [2.75, 3.05) is 0 Å². The van der Waals surface area contributed by atoms with Gasteiger partial charge in [-0.05, 0) is 44.7 Å². The summed E-state index contributed by atoms with van der Waals surface area (Å²) in [4.78, 5) is 4.71. The molecule has 2 N–H and O–H groups in total. The Balaban J connectivity index is 0.00000225. The monoisotopic (exact) mass is 454 g/mol. The van der Waals surface area contributed by atoms with Gasteiger partial charge in [-0.25, -0.2) is 4.99 Å². The van der Waals surface area contributed by atoms with Crippen LogP contribution in [0.2, 0.25) is 0 Å². The Morgan fingerprint density at radius 1 is 1.28 bits per heavy atom. The molecule has 1 saturated carbocycles. The van der Waals surface area contributed by atoms with Crippen LogP contribution in [0, 0.1) is 13.8 Å². The summed E-state index contributed by atoms with van der Waals surface area (Å²) in [5, 5.41) is 15.3. The molecule has 0 saturated heterocycles. The fourth-order valence-corrected chi connectivity index (χ4v) is 2.65. The van der Waals surface area contributed by atoms with Crippen molar-refractivity contribution >= 4 is 29.9 Å². The van der Waals surface area contributed by atoms with Gasteiger partial charge in [0, 0.05) is 13.1 Å². The van der Waals surface area contributed by atoms with Crippen LogP contribution in [-0.4, -0.2) is 26.8 Å². The molecule has 1 fully saturated rings. The first kappa shape index (κ1) is 19.7. The summed E-state index contributed by atoms with van der Waals surface area (Å²) in [6.07, 6.45) is 2.42. The average Bonchev–Trinajstić information content (AvgIpc) is 3.32. The van der Waals surface area contributed by atoms with Crippen LogP contribution in [0.5, 0.6) is 0 Å². The van der Waals surface area contributed by atoms with Crippen molar-refractivity contribution in [2.45, 2.75) is 52.2 Å². The lowest BCUT2D eigenvalue weighted by Gasteiger charge is -2.20. The summed E-state index contributed by atoms with van der Waals surface area (Å²) in [6, 6.07) is 9.18. The number of aliphatic imine (C=N–C) groups is 1. The van der Waals surface area contributed by atoms with E-state index in [1.165, 1.54) is 24.0 Å².